The molecule has 0 fully saturated rings. The van der Waals surface area contributed by atoms with Gasteiger partial charge in [-0.1, -0.05) is 6.07 Å². The van der Waals surface area contributed by atoms with E-state index in [2.05, 4.69) is 41.8 Å². The molecule has 7 nitrogen and oxygen atoms in total. The zero-order valence-electron chi connectivity index (χ0n) is 14.7. The first-order valence-electron chi connectivity index (χ1n) is 8.66. The number of hydrogen-bond donors (Lipinski definition) is 0. The van der Waals surface area contributed by atoms with Gasteiger partial charge in [-0.3, -0.25) is 9.88 Å². The number of pyridine rings is 1. The zero-order valence-corrected chi connectivity index (χ0v) is 14.7. The van der Waals surface area contributed by atoms with Crippen LogP contribution < -0.4 is 0 Å². The van der Waals surface area contributed by atoms with E-state index in [1.165, 1.54) is 5.56 Å². The van der Waals surface area contributed by atoms with Crippen LogP contribution in [-0.2, 0) is 26.2 Å². The van der Waals surface area contributed by atoms with Crippen molar-refractivity contribution >= 4 is 0 Å². The van der Waals surface area contributed by atoms with E-state index in [4.69, 9.17) is 0 Å². The maximum absolute atomic E-state index is 4.54. The van der Waals surface area contributed by atoms with E-state index in [0.29, 0.717) is 5.92 Å². The molecule has 0 saturated heterocycles. The largest absolute Gasteiger partial charge is 0.333 e. The van der Waals surface area contributed by atoms with E-state index in [1.54, 1.807) is 0 Å². The van der Waals surface area contributed by atoms with Gasteiger partial charge in [0.1, 0.15) is 17.5 Å². The maximum Gasteiger partial charge on any atom is 0.147 e. The number of rotatable bonds is 4. The fourth-order valence-electron chi connectivity index (χ4n) is 3.59. The van der Waals surface area contributed by atoms with Crippen LogP contribution in [0.25, 0.3) is 0 Å². The molecule has 130 valence electrons. The Morgan fingerprint density at radius 2 is 2.12 bits per heavy atom. The van der Waals surface area contributed by atoms with Gasteiger partial charge >= 0.3 is 0 Å². The zero-order chi connectivity index (χ0) is 17.2. The fraction of sp³-hybridized carbons (Fsp3) is 0.444. The van der Waals surface area contributed by atoms with Crippen molar-refractivity contribution in [3.8, 4) is 0 Å². The Morgan fingerprint density at radius 1 is 1.20 bits per heavy atom. The molecule has 3 aromatic rings. The molecule has 1 aliphatic rings. The molecule has 0 saturated carbocycles. The molecule has 0 aliphatic carbocycles. The topological polar surface area (TPSA) is 64.7 Å². The Bertz CT molecular complexity index is 836. The van der Waals surface area contributed by atoms with Crippen LogP contribution >= 0.6 is 0 Å². The third-order valence-electron chi connectivity index (χ3n) is 4.66. The van der Waals surface area contributed by atoms with Gasteiger partial charge in [0, 0.05) is 56.9 Å². The molecule has 0 unspecified atom stereocenters. The molecular weight excluding hydrogens is 314 g/mol. The van der Waals surface area contributed by atoms with Crippen LogP contribution in [0.15, 0.2) is 36.9 Å². The summed E-state index contributed by atoms with van der Waals surface area (Å²) in [5, 5.41) is 4.54. The summed E-state index contributed by atoms with van der Waals surface area (Å²) in [5.74, 6) is 3.39. The second kappa shape index (κ2) is 6.76. The fourth-order valence-corrected chi connectivity index (χ4v) is 3.59. The van der Waals surface area contributed by atoms with Gasteiger partial charge < -0.3 is 4.57 Å². The van der Waals surface area contributed by atoms with Crippen molar-refractivity contribution in [2.24, 2.45) is 5.92 Å². The molecule has 7 heteroatoms. The molecule has 4 rings (SSSR count). The summed E-state index contributed by atoms with van der Waals surface area (Å²) in [7, 11) is 0. The lowest BCUT2D eigenvalue weighted by Crippen LogP contribution is -2.30. The first kappa shape index (κ1) is 16.0. The van der Waals surface area contributed by atoms with Crippen LogP contribution in [0.2, 0.25) is 0 Å². The Labute approximate surface area is 147 Å². The maximum atomic E-state index is 4.54. The molecular formula is C18H23N7. The Kier molecular flexibility index (Phi) is 4.31. The van der Waals surface area contributed by atoms with Crippen molar-refractivity contribution < 1.29 is 0 Å². The number of imidazole rings is 1. The average Bonchev–Trinajstić information content (AvgIpc) is 3.10. The summed E-state index contributed by atoms with van der Waals surface area (Å²) < 4.78 is 4.30. The normalized spacial score (nSPS) is 18.1. The van der Waals surface area contributed by atoms with Crippen LogP contribution in [0.1, 0.15) is 23.0 Å². The highest BCUT2D eigenvalue weighted by atomic mass is 15.3. The quantitative estimate of drug-likeness (QED) is 0.726. The molecule has 4 heterocycles. The summed E-state index contributed by atoms with van der Waals surface area (Å²) in [6.45, 7) is 8.52. The highest BCUT2D eigenvalue weighted by Crippen LogP contribution is 2.19. The van der Waals surface area contributed by atoms with E-state index < -0.39 is 0 Å². The summed E-state index contributed by atoms with van der Waals surface area (Å²) in [6.07, 6.45) is 7.73. The first-order chi connectivity index (χ1) is 12.2. The first-order valence-corrected chi connectivity index (χ1v) is 8.66. The van der Waals surface area contributed by atoms with Crippen LogP contribution in [0.3, 0.4) is 0 Å². The van der Waals surface area contributed by atoms with Crippen molar-refractivity contribution in [2.75, 3.05) is 6.54 Å². The minimum Gasteiger partial charge on any atom is -0.333 e. The summed E-state index contributed by atoms with van der Waals surface area (Å²) in [4.78, 5) is 15.7. The van der Waals surface area contributed by atoms with Crippen molar-refractivity contribution in [2.45, 2.75) is 40.0 Å². The molecule has 3 aromatic heterocycles. The lowest BCUT2D eigenvalue weighted by Gasteiger charge is -2.24. The average molecular weight is 337 g/mol. The predicted octanol–water partition coefficient (Wildman–Crippen LogP) is 1.82. The van der Waals surface area contributed by atoms with E-state index in [9.17, 15) is 0 Å². The van der Waals surface area contributed by atoms with Crippen LogP contribution in [-0.4, -0.2) is 40.7 Å². The number of fused-ring (bicyclic) bond motifs is 1. The van der Waals surface area contributed by atoms with Gasteiger partial charge in [0.15, 0.2) is 0 Å². The van der Waals surface area contributed by atoms with Crippen molar-refractivity contribution in [3.63, 3.8) is 0 Å². The molecule has 0 bridgehead atoms. The highest BCUT2D eigenvalue weighted by Gasteiger charge is 2.23. The standard InChI is InChI=1S/C18H23N7/c1-14-21-15(2)25(22-14)12-17-10-23(9-16-4-3-5-19-8-16)13-18-20-6-7-24(18)11-17/h3-8,17H,9-13H2,1-2H3/t17-/m1/s1. The van der Waals surface area contributed by atoms with Gasteiger partial charge in [0.05, 0.1) is 6.54 Å². The summed E-state index contributed by atoms with van der Waals surface area (Å²) in [6, 6.07) is 4.12. The lowest BCUT2D eigenvalue weighted by molar-refractivity contribution is 0.204. The van der Waals surface area contributed by atoms with E-state index in [0.717, 1.165) is 50.2 Å². The SMILES string of the molecule is Cc1nc(C)n(C[C@@H]2CN(Cc3cccnc3)Cc3nccn3C2)n1. The molecule has 1 aliphatic heterocycles. The van der Waals surface area contributed by atoms with Crippen molar-refractivity contribution in [1.82, 2.24) is 34.2 Å². The second-order valence-corrected chi connectivity index (χ2v) is 6.78. The molecule has 0 radical (unpaired) electrons. The smallest absolute Gasteiger partial charge is 0.147 e. The number of nitrogens with zero attached hydrogens (tertiary/aromatic N) is 7. The van der Waals surface area contributed by atoms with Crippen LogP contribution in [0.5, 0.6) is 0 Å². The van der Waals surface area contributed by atoms with Gasteiger partial charge in [0.25, 0.3) is 0 Å². The van der Waals surface area contributed by atoms with Gasteiger partial charge in [-0.05, 0) is 25.5 Å². The molecule has 25 heavy (non-hydrogen) atoms. The summed E-state index contributed by atoms with van der Waals surface area (Å²) >= 11 is 0. The third-order valence-corrected chi connectivity index (χ3v) is 4.66. The number of aromatic nitrogens is 6. The Balaban J connectivity index is 1.55. The van der Waals surface area contributed by atoms with E-state index in [-0.39, 0.29) is 0 Å². The van der Waals surface area contributed by atoms with Crippen molar-refractivity contribution in [3.05, 3.63) is 60.0 Å². The molecule has 0 amide bonds. The predicted molar refractivity (Wildman–Crippen MR) is 93.6 cm³/mol. The Hall–Kier alpha value is -2.54. The van der Waals surface area contributed by atoms with E-state index in [1.807, 2.05) is 43.2 Å². The molecule has 0 N–H and O–H groups in total. The van der Waals surface area contributed by atoms with Gasteiger partial charge in [-0.15, -0.1) is 0 Å². The number of aryl methyl sites for hydroxylation is 2. The van der Waals surface area contributed by atoms with Crippen LogP contribution in [0.4, 0.5) is 0 Å². The number of hydrogen-bond acceptors (Lipinski definition) is 5. The molecule has 0 spiro atoms. The minimum atomic E-state index is 0.451. The monoisotopic (exact) mass is 337 g/mol. The van der Waals surface area contributed by atoms with Gasteiger partial charge in [0.2, 0.25) is 0 Å². The second-order valence-electron chi connectivity index (χ2n) is 6.78. The molecule has 0 aromatic carbocycles. The van der Waals surface area contributed by atoms with Gasteiger partial charge in [-0.25, -0.2) is 14.6 Å². The third kappa shape index (κ3) is 3.61. The Morgan fingerprint density at radius 3 is 2.88 bits per heavy atom. The van der Waals surface area contributed by atoms with Gasteiger partial charge in [-0.2, -0.15) is 5.10 Å². The van der Waals surface area contributed by atoms with E-state index >= 15 is 0 Å². The highest BCUT2D eigenvalue weighted by molar-refractivity contribution is 5.09. The summed E-state index contributed by atoms with van der Waals surface area (Å²) in [5.41, 5.74) is 1.23. The lowest BCUT2D eigenvalue weighted by atomic mass is 10.1. The van der Waals surface area contributed by atoms with Crippen LogP contribution in [0, 0.1) is 19.8 Å². The minimum absolute atomic E-state index is 0.451. The van der Waals surface area contributed by atoms with Crippen molar-refractivity contribution in [1.29, 1.82) is 0 Å². The molecule has 1 atom stereocenters.